The van der Waals surface area contributed by atoms with Crippen LogP contribution in [0.2, 0.25) is 0 Å². The average Bonchev–Trinajstić information content (AvgIpc) is 3.18. The molecule has 2 heterocycles. The molecule has 0 saturated carbocycles. The van der Waals surface area contributed by atoms with Crippen LogP contribution in [0.4, 0.5) is 0 Å². The van der Waals surface area contributed by atoms with Gasteiger partial charge in [-0.1, -0.05) is 30.3 Å². The minimum atomic E-state index is -0.399. The smallest absolute Gasteiger partial charge is 0.280 e. The Morgan fingerprint density at radius 2 is 1.33 bits per heavy atom. The number of aromatic nitrogens is 1. The fraction of sp³-hybridized carbons (Fsp3) is 0. The number of hydrogen-bond acceptors (Lipinski definition) is 2. The quantitative estimate of drug-likeness (QED) is 0.222. The van der Waals surface area contributed by atoms with Gasteiger partial charge in [0.15, 0.2) is 5.88 Å². The predicted molar refractivity (Wildman–Crippen MR) is 123 cm³/mol. The van der Waals surface area contributed by atoms with Gasteiger partial charge in [0.25, 0.3) is 5.91 Å². The molecule has 0 fully saturated rings. The molecule has 9 heteroatoms. The van der Waals surface area contributed by atoms with Crippen molar-refractivity contribution in [2.24, 2.45) is 4.99 Å². The van der Waals surface area contributed by atoms with Crippen molar-refractivity contribution >= 4 is 91.3 Å². The maximum atomic E-state index is 12.7. The fourth-order valence-corrected chi connectivity index (χ4v) is 6.38. The third-order valence-corrected chi connectivity index (χ3v) is 10.2. The molecule has 0 unspecified atom stereocenters. The van der Waals surface area contributed by atoms with Crippen LogP contribution in [0, 0.1) is 0 Å². The van der Waals surface area contributed by atoms with Gasteiger partial charge >= 0.3 is 0 Å². The molecule has 2 N–H and O–H groups in total. The molecule has 1 aliphatic rings. The Hall–Kier alpha value is -0.740. The van der Waals surface area contributed by atoms with Crippen molar-refractivity contribution in [1.29, 1.82) is 0 Å². The lowest BCUT2D eigenvalue weighted by atomic mass is 10.0. The van der Waals surface area contributed by atoms with Crippen LogP contribution >= 0.6 is 79.6 Å². The number of aromatic hydroxyl groups is 1. The molecular formula is C18H7Br5N2O2. The van der Waals surface area contributed by atoms with Crippen LogP contribution in [0.15, 0.2) is 57.7 Å². The molecular weight excluding hydrogens is 676 g/mol. The first kappa shape index (κ1) is 19.6. The highest BCUT2D eigenvalue weighted by Crippen LogP contribution is 2.47. The van der Waals surface area contributed by atoms with Gasteiger partial charge in [0, 0.05) is 27.9 Å². The number of hydrogen-bond donors (Lipinski definition) is 2. The van der Waals surface area contributed by atoms with Crippen molar-refractivity contribution in [3.8, 4) is 17.1 Å². The van der Waals surface area contributed by atoms with Gasteiger partial charge in [-0.15, -0.1) is 0 Å². The molecule has 3 aromatic rings. The summed E-state index contributed by atoms with van der Waals surface area (Å²) in [6.07, 6.45) is 0. The molecule has 136 valence electrons. The summed E-state index contributed by atoms with van der Waals surface area (Å²) < 4.78 is 3.72. The molecule has 1 amide bonds. The Morgan fingerprint density at radius 3 is 1.93 bits per heavy atom. The largest absolute Gasteiger partial charge is 0.494 e. The minimum Gasteiger partial charge on any atom is -0.494 e. The van der Waals surface area contributed by atoms with E-state index in [4.69, 9.17) is 0 Å². The summed E-state index contributed by atoms with van der Waals surface area (Å²) in [6, 6.07) is 9.38. The van der Waals surface area contributed by atoms with E-state index in [2.05, 4.69) is 89.6 Å². The standard InChI is InChI=1S/C18H7Br5N2O2/c19-10-9(11(20)13(22)14(23)12(10)21)16-8-7(17(26)25-16)15(24-18(8)27)6-4-2-1-3-5-6/h1-5,24,27H. The van der Waals surface area contributed by atoms with Crippen LogP contribution in [0.3, 0.4) is 0 Å². The van der Waals surface area contributed by atoms with E-state index in [-0.39, 0.29) is 5.88 Å². The number of nitrogens with one attached hydrogen (secondary N) is 1. The Morgan fingerprint density at radius 1 is 0.778 bits per heavy atom. The highest BCUT2D eigenvalue weighted by atomic mass is 79.9. The Kier molecular flexibility index (Phi) is 5.26. The number of aromatic amines is 1. The molecule has 0 bridgehead atoms. The number of carbonyl (C=O) groups excluding carboxylic acids is 1. The van der Waals surface area contributed by atoms with Crippen LogP contribution in [0.25, 0.3) is 11.3 Å². The lowest BCUT2D eigenvalue weighted by Crippen LogP contribution is -2.04. The summed E-state index contributed by atoms with van der Waals surface area (Å²) in [5.74, 6) is -0.494. The van der Waals surface area contributed by atoms with Crippen LogP contribution in [-0.2, 0) is 0 Å². The molecule has 1 aliphatic heterocycles. The molecule has 1 aromatic heterocycles. The van der Waals surface area contributed by atoms with E-state index in [1.54, 1.807) is 0 Å². The molecule has 2 aromatic carbocycles. The highest BCUT2D eigenvalue weighted by molar-refractivity contribution is 9.15. The van der Waals surface area contributed by atoms with E-state index >= 15 is 0 Å². The predicted octanol–water partition coefficient (Wildman–Crippen LogP) is 7.19. The average molecular weight is 683 g/mol. The first-order valence-corrected chi connectivity index (χ1v) is 11.4. The maximum Gasteiger partial charge on any atom is 0.280 e. The van der Waals surface area contributed by atoms with Crippen molar-refractivity contribution in [3.63, 3.8) is 0 Å². The van der Waals surface area contributed by atoms with E-state index in [1.807, 2.05) is 30.3 Å². The molecule has 27 heavy (non-hydrogen) atoms. The summed E-state index contributed by atoms with van der Waals surface area (Å²) >= 11 is 17.7. The minimum absolute atomic E-state index is 0.0950. The topological polar surface area (TPSA) is 65.4 Å². The summed E-state index contributed by atoms with van der Waals surface area (Å²) in [7, 11) is 0. The molecule has 4 rings (SSSR count). The van der Waals surface area contributed by atoms with Crippen molar-refractivity contribution in [2.45, 2.75) is 0 Å². The maximum absolute atomic E-state index is 12.7. The van der Waals surface area contributed by atoms with Gasteiger partial charge in [-0.3, -0.25) is 4.79 Å². The Labute approximate surface area is 196 Å². The Bertz CT molecular complexity index is 1120. The third kappa shape index (κ3) is 3.02. The zero-order chi connectivity index (χ0) is 19.5. The van der Waals surface area contributed by atoms with Crippen LogP contribution in [0.1, 0.15) is 21.5 Å². The number of halogens is 5. The van der Waals surface area contributed by atoms with E-state index in [0.29, 0.717) is 37.0 Å². The zero-order valence-corrected chi connectivity index (χ0v) is 21.0. The number of aliphatic imine (C=N–C) groups is 1. The third-order valence-electron chi connectivity index (χ3n) is 4.15. The SMILES string of the molecule is O=C1N=C(c2c(Br)c(Br)c(Br)c(Br)c2Br)c2c(O)[nH]c(-c3ccccc3)c21. The number of carbonyl (C=O) groups is 1. The van der Waals surface area contributed by atoms with Crippen molar-refractivity contribution in [1.82, 2.24) is 4.98 Å². The van der Waals surface area contributed by atoms with Crippen LogP contribution in [-0.4, -0.2) is 21.7 Å². The monoisotopic (exact) mass is 678 g/mol. The van der Waals surface area contributed by atoms with Gasteiger partial charge < -0.3 is 10.1 Å². The second-order valence-electron chi connectivity index (χ2n) is 5.68. The highest BCUT2D eigenvalue weighted by Gasteiger charge is 2.36. The molecule has 0 saturated heterocycles. The number of fused-ring (bicyclic) bond motifs is 1. The van der Waals surface area contributed by atoms with Crippen LogP contribution < -0.4 is 0 Å². The van der Waals surface area contributed by atoms with Crippen molar-refractivity contribution < 1.29 is 9.90 Å². The number of amides is 1. The van der Waals surface area contributed by atoms with Gasteiger partial charge in [-0.2, -0.15) is 0 Å². The van der Waals surface area contributed by atoms with E-state index < -0.39 is 5.91 Å². The first-order valence-electron chi connectivity index (χ1n) is 7.48. The lowest BCUT2D eigenvalue weighted by molar-refractivity contribution is 0.101. The second kappa shape index (κ2) is 7.26. The van der Waals surface area contributed by atoms with Gasteiger partial charge in [0.1, 0.15) is 0 Å². The van der Waals surface area contributed by atoms with E-state index in [0.717, 1.165) is 19.0 Å². The summed E-state index contributed by atoms with van der Waals surface area (Å²) in [5, 5.41) is 10.6. The fourth-order valence-electron chi connectivity index (χ4n) is 2.96. The number of rotatable bonds is 2. The second-order valence-corrected chi connectivity index (χ2v) is 9.64. The lowest BCUT2D eigenvalue weighted by Gasteiger charge is -2.13. The molecule has 0 spiro atoms. The van der Waals surface area contributed by atoms with E-state index in [9.17, 15) is 9.90 Å². The summed E-state index contributed by atoms with van der Waals surface area (Å²) in [4.78, 5) is 19.9. The first-order chi connectivity index (χ1) is 12.8. The van der Waals surface area contributed by atoms with E-state index in [1.165, 1.54) is 0 Å². The summed E-state index contributed by atoms with van der Waals surface area (Å²) in [5.41, 5.74) is 3.14. The van der Waals surface area contributed by atoms with Crippen molar-refractivity contribution in [3.05, 3.63) is 69.4 Å². The molecule has 0 atom stereocenters. The van der Waals surface area contributed by atoms with Gasteiger partial charge in [-0.25, -0.2) is 4.99 Å². The van der Waals surface area contributed by atoms with Gasteiger partial charge in [-0.05, 0) is 85.2 Å². The summed E-state index contributed by atoms with van der Waals surface area (Å²) in [6.45, 7) is 0. The normalized spacial score (nSPS) is 13.1. The number of benzene rings is 2. The van der Waals surface area contributed by atoms with Crippen molar-refractivity contribution in [2.75, 3.05) is 0 Å². The number of H-pyrrole nitrogens is 1. The van der Waals surface area contributed by atoms with Gasteiger partial charge in [0.2, 0.25) is 0 Å². The van der Waals surface area contributed by atoms with Crippen LogP contribution in [0.5, 0.6) is 5.88 Å². The molecule has 0 aliphatic carbocycles. The Balaban J connectivity index is 1.99. The number of nitrogens with zero attached hydrogens (tertiary/aromatic N) is 1. The molecule has 0 radical (unpaired) electrons. The zero-order valence-electron chi connectivity index (χ0n) is 13.1. The molecule has 4 nitrogen and oxygen atoms in total. The van der Waals surface area contributed by atoms with Gasteiger partial charge in [0.05, 0.1) is 22.5 Å².